The zero-order valence-corrected chi connectivity index (χ0v) is 12.2. The van der Waals surface area contributed by atoms with Gasteiger partial charge in [0.25, 0.3) is 0 Å². The first-order chi connectivity index (χ1) is 8.52. The summed E-state index contributed by atoms with van der Waals surface area (Å²) in [6.45, 7) is 0.126. The van der Waals surface area contributed by atoms with Crippen LogP contribution in [-0.2, 0) is 4.79 Å². The third-order valence-corrected chi connectivity index (χ3v) is 2.95. The molecule has 0 saturated heterocycles. The van der Waals surface area contributed by atoms with E-state index in [1.54, 1.807) is 18.2 Å². The molecule has 0 aliphatic carbocycles. The lowest BCUT2D eigenvalue weighted by Gasteiger charge is -2.08. The third kappa shape index (κ3) is 5.12. The molecule has 0 aliphatic rings. The minimum atomic E-state index is -1.03. The topological polar surface area (TPSA) is 46.5 Å². The van der Waals surface area contributed by atoms with Gasteiger partial charge in [0, 0.05) is 21.6 Å². The van der Waals surface area contributed by atoms with Gasteiger partial charge in [-0.2, -0.15) is 0 Å². The van der Waals surface area contributed by atoms with Crippen molar-refractivity contribution in [3.63, 3.8) is 0 Å². The van der Waals surface area contributed by atoms with Gasteiger partial charge < -0.3 is 9.84 Å². The molecule has 0 spiro atoms. The van der Waals surface area contributed by atoms with Gasteiger partial charge in [-0.1, -0.05) is 39.1 Å². The summed E-state index contributed by atoms with van der Waals surface area (Å²) in [6, 6.07) is 5.24. The molecule has 0 heterocycles. The van der Waals surface area contributed by atoms with Gasteiger partial charge in [-0.25, -0.2) is 4.79 Å². The first-order valence-corrected chi connectivity index (χ1v) is 6.42. The number of hydrogen-bond donors (Lipinski definition) is 1. The number of carbonyl (C=O) groups is 1. The van der Waals surface area contributed by atoms with Gasteiger partial charge in [-0.15, -0.1) is 0 Å². The second kappa shape index (κ2) is 7.46. The highest BCUT2D eigenvalue weighted by Crippen LogP contribution is 2.25. The van der Waals surface area contributed by atoms with Gasteiger partial charge in [0.2, 0.25) is 0 Å². The molecule has 0 bridgehead atoms. The van der Waals surface area contributed by atoms with Crippen LogP contribution in [0, 0.1) is 0 Å². The number of hydrogen-bond acceptors (Lipinski definition) is 2. The number of halogens is 3. The van der Waals surface area contributed by atoms with Crippen LogP contribution in [0.2, 0.25) is 0 Å². The monoisotopic (exact) mass is 350 g/mol. The zero-order chi connectivity index (χ0) is 13.5. The van der Waals surface area contributed by atoms with Crippen molar-refractivity contribution in [3.8, 4) is 5.75 Å². The average Bonchev–Trinajstić information content (AvgIpc) is 2.34. The van der Waals surface area contributed by atoms with Crippen molar-refractivity contribution in [3.05, 3.63) is 44.9 Å². The smallest absolute Gasteiger partial charge is 0.328 e. The predicted molar refractivity (Wildman–Crippen MR) is 76.1 cm³/mol. The van der Waals surface area contributed by atoms with Gasteiger partial charge in [0.15, 0.2) is 0 Å². The number of benzene rings is 1. The van der Waals surface area contributed by atoms with Crippen LogP contribution in [0.25, 0.3) is 6.08 Å². The van der Waals surface area contributed by atoms with E-state index in [0.29, 0.717) is 16.3 Å². The van der Waals surface area contributed by atoms with E-state index in [4.69, 9.17) is 33.0 Å². The second-order valence-corrected chi connectivity index (χ2v) is 4.82. The standard InChI is InChI=1S/C12H9BrCl2O3/c13-9-2-3-11(18-7-10(15)6-14)8(5-9)1-4-12(16)17/h1-6H,7H2,(H,16,17). The maximum absolute atomic E-state index is 10.5. The Bertz CT molecular complexity index is 498. The van der Waals surface area contributed by atoms with Crippen LogP contribution in [0.1, 0.15) is 5.56 Å². The summed E-state index contributed by atoms with van der Waals surface area (Å²) >= 11 is 14.4. The van der Waals surface area contributed by atoms with Crippen molar-refractivity contribution in [1.29, 1.82) is 0 Å². The fraction of sp³-hybridized carbons (Fsp3) is 0.0833. The van der Waals surface area contributed by atoms with E-state index in [9.17, 15) is 4.79 Å². The van der Waals surface area contributed by atoms with Crippen LogP contribution in [0.3, 0.4) is 0 Å². The fourth-order valence-corrected chi connectivity index (χ4v) is 1.62. The van der Waals surface area contributed by atoms with Crippen molar-refractivity contribution in [2.45, 2.75) is 0 Å². The lowest BCUT2D eigenvalue weighted by atomic mass is 10.2. The van der Waals surface area contributed by atoms with Crippen molar-refractivity contribution in [1.82, 2.24) is 0 Å². The SMILES string of the molecule is O=C(O)C=Cc1cc(Br)ccc1OCC(Cl)=CCl. The molecule has 1 N–H and O–H groups in total. The third-order valence-electron chi connectivity index (χ3n) is 1.86. The molecule has 0 amide bonds. The summed E-state index contributed by atoms with van der Waals surface area (Å²) in [7, 11) is 0. The molecule has 1 aromatic rings. The molecule has 3 nitrogen and oxygen atoms in total. The van der Waals surface area contributed by atoms with Crippen molar-refractivity contribution < 1.29 is 14.6 Å². The molecule has 1 aromatic carbocycles. The minimum Gasteiger partial charge on any atom is -0.487 e. The van der Waals surface area contributed by atoms with Gasteiger partial charge in [0.05, 0.1) is 5.03 Å². The Kier molecular flexibility index (Phi) is 6.25. The van der Waals surface area contributed by atoms with Crippen LogP contribution < -0.4 is 4.74 Å². The molecule has 6 heteroatoms. The number of aliphatic carboxylic acids is 1. The Hall–Kier alpha value is -0.970. The van der Waals surface area contributed by atoms with E-state index in [-0.39, 0.29) is 6.61 Å². The van der Waals surface area contributed by atoms with Crippen LogP contribution in [0.4, 0.5) is 0 Å². The lowest BCUT2D eigenvalue weighted by Crippen LogP contribution is -1.98. The van der Waals surface area contributed by atoms with Gasteiger partial charge in [-0.3, -0.25) is 0 Å². The number of carboxylic acids is 1. The van der Waals surface area contributed by atoms with Crippen LogP contribution >= 0.6 is 39.1 Å². The molecular weight excluding hydrogens is 343 g/mol. The zero-order valence-electron chi connectivity index (χ0n) is 9.07. The maximum atomic E-state index is 10.5. The molecule has 0 unspecified atom stereocenters. The Morgan fingerprint density at radius 3 is 2.83 bits per heavy atom. The quantitative estimate of drug-likeness (QED) is 0.807. The lowest BCUT2D eigenvalue weighted by molar-refractivity contribution is -0.131. The van der Waals surface area contributed by atoms with E-state index in [2.05, 4.69) is 15.9 Å². The van der Waals surface area contributed by atoms with Crippen LogP contribution in [-0.4, -0.2) is 17.7 Å². The maximum Gasteiger partial charge on any atom is 0.328 e. The van der Waals surface area contributed by atoms with Gasteiger partial charge >= 0.3 is 5.97 Å². The summed E-state index contributed by atoms with van der Waals surface area (Å²) in [5.74, 6) is -0.507. The minimum absolute atomic E-state index is 0.126. The van der Waals surface area contributed by atoms with Crippen LogP contribution in [0.5, 0.6) is 5.75 Å². The molecule has 96 valence electrons. The first-order valence-electron chi connectivity index (χ1n) is 4.81. The molecule has 0 radical (unpaired) electrons. The van der Waals surface area contributed by atoms with E-state index in [1.165, 1.54) is 11.6 Å². The average molecular weight is 352 g/mol. The molecule has 0 fully saturated rings. The Balaban J connectivity index is 2.92. The molecule has 0 saturated carbocycles. The second-order valence-electron chi connectivity index (χ2n) is 3.20. The highest BCUT2D eigenvalue weighted by atomic mass is 79.9. The predicted octanol–water partition coefficient (Wildman–Crippen LogP) is 4.24. The van der Waals surface area contributed by atoms with E-state index < -0.39 is 5.97 Å². The van der Waals surface area contributed by atoms with Crippen molar-refractivity contribution in [2.24, 2.45) is 0 Å². The highest BCUT2D eigenvalue weighted by molar-refractivity contribution is 9.10. The number of rotatable bonds is 5. The summed E-state index contributed by atoms with van der Waals surface area (Å²) in [4.78, 5) is 10.5. The van der Waals surface area contributed by atoms with E-state index in [1.807, 2.05) is 0 Å². The summed E-state index contributed by atoms with van der Waals surface area (Å²) in [6.07, 6.45) is 2.48. The van der Waals surface area contributed by atoms with E-state index >= 15 is 0 Å². The normalized spacial score (nSPS) is 11.8. The van der Waals surface area contributed by atoms with Gasteiger partial charge in [0.1, 0.15) is 12.4 Å². The first kappa shape index (κ1) is 15.1. The summed E-state index contributed by atoms with van der Waals surface area (Å²) in [5, 5.41) is 8.96. The molecule has 0 atom stereocenters. The largest absolute Gasteiger partial charge is 0.487 e. The molecule has 1 rings (SSSR count). The van der Waals surface area contributed by atoms with Crippen molar-refractivity contribution in [2.75, 3.05) is 6.61 Å². The molecular formula is C12H9BrCl2O3. The molecule has 0 aliphatic heterocycles. The van der Waals surface area contributed by atoms with Gasteiger partial charge in [-0.05, 0) is 24.3 Å². The Labute approximate surface area is 123 Å². The molecule has 0 aromatic heterocycles. The van der Waals surface area contributed by atoms with Crippen LogP contribution in [0.15, 0.2) is 39.3 Å². The number of carboxylic acid groups (broad SMARTS) is 1. The Morgan fingerprint density at radius 1 is 1.50 bits per heavy atom. The Morgan fingerprint density at radius 2 is 2.22 bits per heavy atom. The summed E-state index contributed by atoms with van der Waals surface area (Å²) in [5.41, 5.74) is 1.85. The highest BCUT2D eigenvalue weighted by Gasteiger charge is 2.03. The fourth-order valence-electron chi connectivity index (χ4n) is 1.12. The van der Waals surface area contributed by atoms with Crippen molar-refractivity contribution >= 4 is 51.2 Å². The molecule has 18 heavy (non-hydrogen) atoms. The summed E-state index contributed by atoms with van der Waals surface area (Å²) < 4.78 is 6.25. The van der Waals surface area contributed by atoms with E-state index in [0.717, 1.165) is 10.5 Å². The number of ether oxygens (including phenoxy) is 1.